The van der Waals surface area contributed by atoms with E-state index in [1.807, 2.05) is 45.2 Å². The van der Waals surface area contributed by atoms with Crippen molar-refractivity contribution in [2.24, 2.45) is 0 Å². The molecule has 8 nitrogen and oxygen atoms in total. The van der Waals surface area contributed by atoms with E-state index in [4.69, 9.17) is 0 Å². The topological polar surface area (TPSA) is 89.7 Å². The molecule has 0 saturated heterocycles. The molecule has 0 atom stereocenters. The van der Waals surface area contributed by atoms with Gasteiger partial charge in [0.2, 0.25) is 0 Å². The number of rotatable bonds is 4. The summed E-state index contributed by atoms with van der Waals surface area (Å²) in [6.45, 7) is 1.62. The Morgan fingerprint density at radius 1 is 0.970 bits per heavy atom. The lowest BCUT2D eigenvalue weighted by Crippen LogP contribution is -2.38. The largest absolute Gasteiger partial charge is 0.329 e. The molecule has 1 aromatic carbocycles. The van der Waals surface area contributed by atoms with Crippen LogP contribution < -0.4 is 0 Å². The maximum atomic E-state index is 13.1. The average molecular weight is 472 g/mol. The minimum atomic E-state index is 0.00197. The number of carbonyl (C=O) groups excluding carboxylic acids is 1. The molecule has 0 bridgehead atoms. The average Bonchev–Trinajstić information content (AvgIpc) is 3.64. The van der Waals surface area contributed by atoms with Gasteiger partial charge in [-0.3, -0.25) is 14.8 Å². The monoisotopic (exact) mass is 471 g/mol. The maximum absolute atomic E-state index is 13.1. The zero-order valence-corrected chi connectivity index (χ0v) is 19.0. The van der Waals surface area contributed by atoms with E-state index in [2.05, 4.69) is 36.6 Å². The molecule has 0 saturated carbocycles. The third-order valence-electron chi connectivity index (χ3n) is 5.49. The predicted molar refractivity (Wildman–Crippen MR) is 127 cm³/mol. The quantitative estimate of drug-likeness (QED) is 0.389. The Kier molecular flexibility index (Phi) is 5.00. The number of benzene rings is 1. The molecule has 0 spiro atoms. The highest BCUT2D eigenvalue weighted by atomic mass is 32.1. The summed E-state index contributed by atoms with van der Waals surface area (Å²) in [6, 6.07) is 11.9. The summed E-state index contributed by atoms with van der Waals surface area (Å²) >= 11 is 3.18. The van der Waals surface area contributed by atoms with Gasteiger partial charge in [0.05, 0.1) is 12.7 Å². The molecule has 1 aliphatic rings. The highest BCUT2D eigenvalue weighted by Gasteiger charge is 2.26. The molecule has 0 N–H and O–H groups in total. The first-order valence-electron chi connectivity index (χ1n) is 10.3. The van der Waals surface area contributed by atoms with Gasteiger partial charge in [-0.2, -0.15) is 0 Å². The molecule has 4 aromatic heterocycles. The zero-order valence-electron chi connectivity index (χ0n) is 17.3. The summed E-state index contributed by atoms with van der Waals surface area (Å²) in [5.74, 6) is 1.47. The Bertz CT molecular complexity index is 1410. The fourth-order valence-corrected chi connectivity index (χ4v) is 5.32. The number of hydrogen-bond donors (Lipinski definition) is 0. The minimum absolute atomic E-state index is 0.00197. The molecule has 10 heteroatoms. The molecule has 6 rings (SSSR count). The molecule has 162 valence electrons. The molecule has 1 aliphatic heterocycles. The normalized spacial score (nSPS) is 13.2. The van der Waals surface area contributed by atoms with Gasteiger partial charge in [0.25, 0.3) is 5.91 Å². The minimum Gasteiger partial charge on any atom is -0.329 e. The van der Waals surface area contributed by atoms with Crippen LogP contribution in [0.1, 0.15) is 16.2 Å². The number of aromatic nitrogens is 6. The first kappa shape index (κ1) is 19.9. The van der Waals surface area contributed by atoms with Crippen LogP contribution in [0.3, 0.4) is 0 Å². The second-order valence-electron chi connectivity index (χ2n) is 7.50. The molecular weight excluding hydrogens is 454 g/mol. The van der Waals surface area contributed by atoms with Crippen LogP contribution in [0.25, 0.3) is 32.7 Å². The standard InChI is InChI=1S/C23H17N7OS2/c31-23(16-5-3-15(4-6-16)19-2-1-11-32-19)29-9-10-30-20(13-29)27-28-21(30)18-14-33-22(26-18)17-12-24-7-8-25-17/h1-8,11-12,14H,9-10,13H2. The van der Waals surface area contributed by atoms with Crippen molar-refractivity contribution in [3.05, 3.63) is 77.1 Å². The Morgan fingerprint density at radius 3 is 2.67 bits per heavy atom. The van der Waals surface area contributed by atoms with Crippen molar-refractivity contribution >= 4 is 28.6 Å². The molecule has 0 aliphatic carbocycles. The van der Waals surface area contributed by atoms with E-state index in [-0.39, 0.29) is 5.91 Å². The van der Waals surface area contributed by atoms with Crippen LogP contribution in [-0.4, -0.2) is 47.1 Å². The molecule has 33 heavy (non-hydrogen) atoms. The van der Waals surface area contributed by atoms with Crippen molar-refractivity contribution in [1.29, 1.82) is 0 Å². The fourth-order valence-electron chi connectivity index (χ4n) is 3.83. The van der Waals surface area contributed by atoms with Crippen LogP contribution in [0.2, 0.25) is 0 Å². The van der Waals surface area contributed by atoms with Crippen LogP contribution in [0.15, 0.2) is 65.7 Å². The molecule has 0 unspecified atom stereocenters. The predicted octanol–water partition coefficient (Wildman–Crippen LogP) is 4.24. The summed E-state index contributed by atoms with van der Waals surface area (Å²) in [4.78, 5) is 29.2. The van der Waals surface area contributed by atoms with Crippen molar-refractivity contribution in [3.8, 4) is 32.7 Å². The lowest BCUT2D eigenvalue weighted by Gasteiger charge is -2.27. The van der Waals surface area contributed by atoms with Crippen LogP contribution in [0, 0.1) is 0 Å². The second-order valence-corrected chi connectivity index (χ2v) is 9.31. The van der Waals surface area contributed by atoms with Crippen LogP contribution in [0.4, 0.5) is 0 Å². The Morgan fingerprint density at radius 2 is 1.88 bits per heavy atom. The second kappa shape index (κ2) is 8.30. The van der Waals surface area contributed by atoms with Gasteiger partial charge in [0.15, 0.2) is 11.6 Å². The van der Waals surface area contributed by atoms with Crippen molar-refractivity contribution < 1.29 is 4.79 Å². The molecule has 0 fully saturated rings. The van der Waals surface area contributed by atoms with Gasteiger partial charge in [-0.25, -0.2) is 4.98 Å². The fraction of sp³-hybridized carbons (Fsp3) is 0.130. The lowest BCUT2D eigenvalue weighted by atomic mass is 10.1. The van der Waals surface area contributed by atoms with E-state index >= 15 is 0 Å². The number of thiazole rings is 1. The number of fused-ring (bicyclic) bond motifs is 1. The summed E-state index contributed by atoms with van der Waals surface area (Å²) in [7, 11) is 0. The van der Waals surface area contributed by atoms with Gasteiger partial charge >= 0.3 is 0 Å². The van der Waals surface area contributed by atoms with Gasteiger partial charge in [0.1, 0.15) is 16.4 Å². The highest BCUT2D eigenvalue weighted by molar-refractivity contribution is 7.13. The van der Waals surface area contributed by atoms with Gasteiger partial charge < -0.3 is 9.47 Å². The zero-order chi connectivity index (χ0) is 22.2. The number of carbonyl (C=O) groups is 1. The van der Waals surface area contributed by atoms with Crippen molar-refractivity contribution in [2.45, 2.75) is 13.1 Å². The van der Waals surface area contributed by atoms with Crippen LogP contribution in [-0.2, 0) is 13.1 Å². The third-order valence-corrected chi connectivity index (χ3v) is 7.28. The van der Waals surface area contributed by atoms with Crippen molar-refractivity contribution in [1.82, 2.24) is 34.6 Å². The van der Waals surface area contributed by atoms with E-state index in [9.17, 15) is 4.79 Å². The Balaban J connectivity index is 1.20. The van der Waals surface area contributed by atoms with E-state index in [1.54, 1.807) is 29.9 Å². The van der Waals surface area contributed by atoms with Crippen molar-refractivity contribution in [2.75, 3.05) is 6.54 Å². The summed E-state index contributed by atoms with van der Waals surface area (Å²) in [5.41, 5.74) is 3.28. The number of thiophene rings is 1. The van der Waals surface area contributed by atoms with E-state index < -0.39 is 0 Å². The molecule has 1 amide bonds. The molecule has 5 heterocycles. The van der Waals surface area contributed by atoms with Gasteiger partial charge in [0, 0.05) is 41.3 Å². The first-order chi connectivity index (χ1) is 16.3. The van der Waals surface area contributed by atoms with Crippen molar-refractivity contribution in [3.63, 3.8) is 0 Å². The SMILES string of the molecule is O=C(c1ccc(-c2cccs2)cc1)N1CCn2c(nnc2-c2csc(-c3cnccn3)n2)C1. The number of amides is 1. The summed E-state index contributed by atoms with van der Waals surface area (Å²) < 4.78 is 2.04. The molecule has 5 aromatic rings. The Hall–Kier alpha value is -3.76. The van der Waals surface area contributed by atoms with Crippen LogP contribution in [0.5, 0.6) is 0 Å². The maximum Gasteiger partial charge on any atom is 0.254 e. The third kappa shape index (κ3) is 3.73. The smallest absolute Gasteiger partial charge is 0.254 e. The molecular formula is C23H17N7OS2. The Labute approximate surface area is 197 Å². The number of hydrogen-bond acceptors (Lipinski definition) is 8. The highest BCUT2D eigenvalue weighted by Crippen LogP contribution is 2.29. The van der Waals surface area contributed by atoms with Gasteiger partial charge in [-0.05, 0) is 29.1 Å². The van der Waals surface area contributed by atoms with Gasteiger partial charge in [-0.1, -0.05) is 18.2 Å². The summed E-state index contributed by atoms with van der Waals surface area (Å²) in [5, 5.41) is 13.5. The van der Waals surface area contributed by atoms with E-state index in [1.165, 1.54) is 16.2 Å². The van der Waals surface area contributed by atoms with E-state index in [0.29, 0.717) is 31.0 Å². The molecule has 0 radical (unpaired) electrons. The first-order valence-corrected chi connectivity index (χ1v) is 12.1. The lowest BCUT2D eigenvalue weighted by molar-refractivity contribution is 0.0708. The van der Waals surface area contributed by atoms with Gasteiger partial charge in [-0.15, -0.1) is 32.9 Å². The van der Waals surface area contributed by atoms with Crippen LogP contribution >= 0.6 is 22.7 Å². The van der Waals surface area contributed by atoms with E-state index in [0.717, 1.165) is 27.8 Å². The number of nitrogens with zero attached hydrogens (tertiary/aromatic N) is 7. The summed E-state index contributed by atoms with van der Waals surface area (Å²) in [6.07, 6.45) is 4.98.